The number of carbonyl (C=O) groups excluding carboxylic acids is 1. The van der Waals surface area contributed by atoms with Gasteiger partial charge in [-0.1, -0.05) is 17.7 Å². The zero-order chi connectivity index (χ0) is 13.7. The molecule has 1 aliphatic rings. The summed E-state index contributed by atoms with van der Waals surface area (Å²) in [5, 5.41) is 3.78. The first kappa shape index (κ1) is 17.1. The minimum absolute atomic E-state index is 0. The van der Waals surface area contributed by atoms with Crippen molar-refractivity contribution in [2.24, 2.45) is 5.92 Å². The molecule has 0 radical (unpaired) electrons. The number of amides is 1. The average Bonchev–Trinajstić information content (AvgIpc) is 2.32. The van der Waals surface area contributed by atoms with E-state index < -0.39 is 0 Å². The fourth-order valence-electron chi connectivity index (χ4n) is 1.93. The van der Waals surface area contributed by atoms with E-state index >= 15 is 0 Å². The summed E-state index contributed by atoms with van der Waals surface area (Å²) in [6, 6.07) is 7.33. The fourth-order valence-corrected chi connectivity index (χ4v) is 2.11. The Labute approximate surface area is 130 Å². The highest BCUT2D eigenvalue weighted by molar-refractivity contribution is 6.30. The molecular formula is C14H20Cl2N2O2. The molecule has 0 unspecified atom stereocenters. The SMILES string of the molecule is CN(CCCOc1cccc(Cl)c1)C(=O)C1CNC1.Cl. The first-order chi connectivity index (χ1) is 9.16. The van der Waals surface area contributed by atoms with Crippen LogP contribution < -0.4 is 10.1 Å². The van der Waals surface area contributed by atoms with Crippen molar-refractivity contribution in [1.82, 2.24) is 10.2 Å². The van der Waals surface area contributed by atoms with Crippen LogP contribution in [0.4, 0.5) is 0 Å². The van der Waals surface area contributed by atoms with Crippen molar-refractivity contribution in [3.05, 3.63) is 29.3 Å². The van der Waals surface area contributed by atoms with Crippen LogP contribution in [0.2, 0.25) is 5.02 Å². The minimum atomic E-state index is 0. The normalized spacial score (nSPS) is 14.1. The van der Waals surface area contributed by atoms with Gasteiger partial charge in [-0.25, -0.2) is 0 Å². The van der Waals surface area contributed by atoms with Crippen LogP contribution in [0.1, 0.15) is 6.42 Å². The van der Waals surface area contributed by atoms with Crippen LogP contribution in [0.3, 0.4) is 0 Å². The number of carbonyl (C=O) groups is 1. The van der Waals surface area contributed by atoms with Crippen LogP contribution >= 0.6 is 24.0 Å². The van der Waals surface area contributed by atoms with Crippen LogP contribution in [-0.4, -0.2) is 44.1 Å². The first-order valence-electron chi connectivity index (χ1n) is 6.51. The van der Waals surface area contributed by atoms with E-state index in [0.29, 0.717) is 11.6 Å². The van der Waals surface area contributed by atoms with E-state index in [2.05, 4.69) is 5.32 Å². The predicted molar refractivity (Wildman–Crippen MR) is 82.8 cm³/mol. The Balaban J connectivity index is 0.00000200. The van der Waals surface area contributed by atoms with Gasteiger partial charge >= 0.3 is 0 Å². The number of ether oxygens (including phenoxy) is 1. The van der Waals surface area contributed by atoms with Gasteiger partial charge in [-0.15, -0.1) is 12.4 Å². The number of hydrogen-bond donors (Lipinski definition) is 1. The van der Waals surface area contributed by atoms with Gasteiger partial charge < -0.3 is 15.0 Å². The highest BCUT2D eigenvalue weighted by atomic mass is 35.5. The summed E-state index contributed by atoms with van der Waals surface area (Å²) in [6.07, 6.45) is 0.814. The lowest BCUT2D eigenvalue weighted by atomic mass is 10.0. The summed E-state index contributed by atoms with van der Waals surface area (Å²) in [6.45, 7) is 2.92. The second-order valence-electron chi connectivity index (χ2n) is 4.77. The van der Waals surface area contributed by atoms with Crippen molar-refractivity contribution in [3.63, 3.8) is 0 Å². The zero-order valence-electron chi connectivity index (χ0n) is 11.5. The Morgan fingerprint density at radius 1 is 1.50 bits per heavy atom. The lowest BCUT2D eigenvalue weighted by molar-refractivity contribution is -0.135. The Kier molecular flexibility index (Phi) is 7.13. The highest BCUT2D eigenvalue weighted by Crippen LogP contribution is 2.17. The molecule has 6 heteroatoms. The Morgan fingerprint density at radius 2 is 2.25 bits per heavy atom. The molecule has 112 valence electrons. The summed E-state index contributed by atoms with van der Waals surface area (Å²) in [4.78, 5) is 13.6. The summed E-state index contributed by atoms with van der Waals surface area (Å²) in [5.41, 5.74) is 0. The first-order valence-corrected chi connectivity index (χ1v) is 6.88. The van der Waals surface area contributed by atoms with E-state index in [0.717, 1.165) is 31.8 Å². The number of halogens is 2. The molecule has 0 bridgehead atoms. The Bertz CT molecular complexity index is 439. The maximum Gasteiger partial charge on any atom is 0.227 e. The predicted octanol–water partition coefficient (Wildman–Crippen LogP) is 2.21. The molecule has 2 rings (SSSR count). The van der Waals surface area contributed by atoms with Crippen molar-refractivity contribution in [2.75, 3.05) is 33.3 Å². The second-order valence-corrected chi connectivity index (χ2v) is 5.21. The molecule has 0 saturated carbocycles. The van der Waals surface area contributed by atoms with E-state index in [-0.39, 0.29) is 24.2 Å². The maximum absolute atomic E-state index is 11.9. The molecule has 1 fully saturated rings. The third kappa shape index (κ3) is 4.85. The number of benzene rings is 1. The molecule has 20 heavy (non-hydrogen) atoms. The van der Waals surface area contributed by atoms with E-state index in [1.54, 1.807) is 11.0 Å². The molecule has 0 aliphatic carbocycles. The monoisotopic (exact) mass is 318 g/mol. The van der Waals surface area contributed by atoms with Crippen molar-refractivity contribution in [2.45, 2.75) is 6.42 Å². The van der Waals surface area contributed by atoms with Gasteiger partial charge in [0, 0.05) is 31.7 Å². The molecule has 1 aromatic carbocycles. The molecule has 1 aromatic rings. The molecule has 0 atom stereocenters. The van der Waals surface area contributed by atoms with E-state index in [1.807, 2.05) is 25.2 Å². The van der Waals surface area contributed by atoms with Gasteiger partial charge in [0.2, 0.25) is 5.91 Å². The molecule has 1 aliphatic heterocycles. The molecule has 1 heterocycles. The highest BCUT2D eigenvalue weighted by Gasteiger charge is 2.27. The summed E-state index contributed by atoms with van der Waals surface area (Å²) in [5.74, 6) is 1.16. The largest absolute Gasteiger partial charge is 0.493 e. The van der Waals surface area contributed by atoms with E-state index in [9.17, 15) is 4.79 Å². The number of nitrogens with zero attached hydrogens (tertiary/aromatic N) is 1. The van der Waals surface area contributed by atoms with Crippen LogP contribution in [0.5, 0.6) is 5.75 Å². The Hall–Kier alpha value is -0.970. The summed E-state index contributed by atoms with van der Waals surface area (Å²) < 4.78 is 5.58. The lowest BCUT2D eigenvalue weighted by Gasteiger charge is -2.30. The molecule has 4 nitrogen and oxygen atoms in total. The van der Waals surface area contributed by atoms with Crippen molar-refractivity contribution < 1.29 is 9.53 Å². The van der Waals surface area contributed by atoms with Gasteiger partial charge in [-0.2, -0.15) is 0 Å². The third-order valence-electron chi connectivity index (χ3n) is 3.21. The second kappa shape index (κ2) is 8.35. The smallest absolute Gasteiger partial charge is 0.227 e. The quantitative estimate of drug-likeness (QED) is 0.818. The standard InChI is InChI=1S/C14H19ClN2O2.ClH/c1-17(14(18)11-9-16-10-11)6-3-7-19-13-5-2-4-12(15)8-13;/h2,4-5,8,11,16H,3,6-7,9-10H2,1H3;1H. The average molecular weight is 319 g/mol. The minimum Gasteiger partial charge on any atom is -0.493 e. The van der Waals surface area contributed by atoms with Crippen molar-refractivity contribution in [3.8, 4) is 5.75 Å². The zero-order valence-corrected chi connectivity index (χ0v) is 13.0. The number of rotatable bonds is 6. The van der Waals surface area contributed by atoms with Gasteiger partial charge in [0.15, 0.2) is 0 Å². The molecule has 1 amide bonds. The van der Waals surface area contributed by atoms with Gasteiger partial charge in [0.05, 0.1) is 12.5 Å². The summed E-state index contributed by atoms with van der Waals surface area (Å²) in [7, 11) is 1.85. The van der Waals surface area contributed by atoms with Crippen LogP contribution in [0.15, 0.2) is 24.3 Å². The van der Waals surface area contributed by atoms with Crippen molar-refractivity contribution >= 4 is 29.9 Å². The molecule has 1 saturated heterocycles. The number of nitrogens with one attached hydrogen (secondary N) is 1. The Morgan fingerprint density at radius 3 is 2.85 bits per heavy atom. The van der Waals surface area contributed by atoms with E-state index in [1.165, 1.54) is 0 Å². The molecule has 1 N–H and O–H groups in total. The van der Waals surface area contributed by atoms with E-state index in [4.69, 9.17) is 16.3 Å². The molecule has 0 spiro atoms. The van der Waals surface area contributed by atoms with Crippen LogP contribution in [0.25, 0.3) is 0 Å². The molecular weight excluding hydrogens is 299 g/mol. The third-order valence-corrected chi connectivity index (χ3v) is 3.44. The van der Waals surface area contributed by atoms with Crippen LogP contribution in [0, 0.1) is 5.92 Å². The fraction of sp³-hybridized carbons (Fsp3) is 0.500. The van der Waals surface area contributed by atoms with Gasteiger partial charge in [0.25, 0.3) is 0 Å². The molecule has 0 aromatic heterocycles. The van der Waals surface area contributed by atoms with Gasteiger partial charge in [-0.3, -0.25) is 4.79 Å². The topological polar surface area (TPSA) is 41.6 Å². The lowest BCUT2D eigenvalue weighted by Crippen LogP contribution is -2.51. The van der Waals surface area contributed by atoms with Crippen LogP contribution in [-0.2, 0) is 4.79 Å². The van der Waals surface area contributed by atoms with Gasteiger partial charge in [0.1, 0.15) is 5.75 Å². The summed E-state index contributed by atoms with van der Waals surface area (Å²) >= 11 is 5.87. The number of hydrogen-bond acceptors (Lipinski definition) is 3. The van der Waals surface area contributed by atoms with Crippen molar-refractivity contribution in [1.29, 1.82) is 0 Å². The maximum atomic E-state index is 11.9. The van der Waals surface area contributed by atoms with Gasteiger partial charge in [-0.05, 0) is 24.6 Å².